The number of ether oxygens (including phenoxy) is 1. The average Bonchev–Trinajstić information content (AvgIpc) is 3.31. The largest absolute Gasteiger partial charge is 0.494 e. The standard InChI is InChI=1S/C19H14ClF2N3O3/c1-27-16-5-3-12(8-15(16)22)25-9-11(7-17(25)26)19-23-18(24-28-19)10-2-4-13(20)14(21)6-10/h2-6,8,11H,7,9H2,1H3. The summed E-state index contributed by atoms with van der Waals surface area (Å²) in [4.78, 5) is 18.1. The topological polar surface area (TPSA) is 68.5 Å². The highest BCUT2D eigenvalue weighted by molar-refractivity contribution is 6.30. The van der Waals surface area contributed by atoms with Gasteiger partial charge in [0.2, 0.25) is 17.6 Å². The molecule has 1 aromatic heterocycles. The predicted molar refractivity (Wildman–Crippen MR) is 97.4 cm³/mol. The van der Waals surface area contributed by atoms with Crippen molar-refractivity contribution in [3.8, 4) is 17.1 Å². The maximum atomic E-state index is 14.0. The first-order valence-electron chi connectivity index (χ1n) is 8.39. The van der Waals surface area contributed by atoms with Gasteiger partial charge in [-0.1, -0.05) is 16.8 Å². The Labute approximate surface area is 163 Å². The van der Waals surface area contributed by atoms with E-state index in [0.29, 0.717) is 11.3 Å². The van der Waals surface area contributed by atoms with Crippen LogP contribution in [-0.2, 0) is 4.79 Å². The molecule has 0 radical (unpaired) electrons. The van der Waals surface area contributed by atoms with Crippen LogP contribution in [0.3, 0.4) is 0 Å². The summed E-state index contributed by atoms with van der Waals surface area (Å²) in [5.41, 5.74) is 0.834. The molecule has 1 aliphatic rings. The van der Waals surface area contributed by atoms with Crippen LogP contribution in [0.25, 0.3) is 11.4 Å². The molecule has 2 aromatic carbocycles. The molecule has 1 amide bonds. The molecule has 0 bridgehead atoms. The van der Waals surface area contributed by atoms with Gasteiger partial charge in [-0.15, -0.1) is 0 Å². The second-order valence-corrected chi connectivity index (χ2v) is 6.72. The molecule has 28 heavy (non-hydrogen) atoms. The number of hydrogen-bond donors (Lipinski definition) is 0. The number of aromatic nitrogens is 2. The summed E-state index contributed by atoms with van der Waals surface area (Å²) in [6.45, 7) is 0.265. The van der Waals surface area contributed by atoms with Gasteiger partial charge in [0.05, 0.1) is 18.1 Å². The minimum atomic E-state index is -0.589. The molecule has 3 aromatic rings. The smallest absolute Gasteiger partial charge is 0.232 e. The molecule has 1 aliphatic heterocycles. The second-order valence-electron chi connectivity index (χ2n) is 6.31. The van der Waals surface area contributed by atoms with E-state index in [1.54, 1.807) is 12.1 Å². The molecule has 6 nitrogen and oxygen atoms in total. The van der Waals surface area contributed by atoms with E-state index in [9.17, 15) is 13.6 Å². The van der Waals surface area contributed by atoms with Crippen molar-refractivity contribution in [1.82, 2.24) is 10.1 Å². The third-order valence-electron chi connectivity index (χ3n) is 4.54. The normalized spacial score (nSPS) is 16.6. The van der Waals surface area contributed by atoms with Crippen molar-refractivity contribution in [1.29, 1.82) is 0 Å². The zero-order valence-corrected chi connectivity index (χ0v) is 15.4. The molecule has 1 unspecified atom stereocenters. The SMILES string of the molecule is COc1ccc(N2CC(c3nc(-c4ccc(Cl)c(F)c4)no3)CC2=O)cc1F. The van der Waals surface area contributed by atoms with E-state index in [1.807, 2.05) is 0 Å². The van der Waals surface area contributed by atoms with Gasteiger partial charge in [-0.05, 0) is 30.3 Å². The number of hydrogen-bond acceptors (Lipinski definition) is 5. The minimum absolute atomic E-state index is 0.00350. The lowest BCUT2D eigenvalue weighted by atomic mass is 10.1. The van der Waals surface area contributed by atoms with E-state index in [2.05, 4.69) is 10.1 Å². The number of rotatable bonds is 4. The summed E-state index contributed by atoms with van der Waals surface area (Å²) in [7, 11) is 1.37. The van der Waals surface area contributed by atoms with Crippen LogP contribution in [0.4, 0.5) is 14.5 Å². The van der Waals surface area contributed by atoms with Crippen molar-refractivity contribution in [3.05, 3.63) is 58.9 Å². The molecule has 0 aliphatic carbocycles. The summed E-state index contributed by atoms with van der Waals surface area (Å²) < 4.78 is 37.8. The number of amides is 1. The zero-order valence-electron chi connectivity index (χ0n) is 14.7. The molecule has 4 rings (SSSR count). The number of benzene rings is 2. The average molecular weight is 406 g/mol. The van der Waals surface area contributed by atoms with Gasteiger partial charge in [-0.3, -0.25) is 4.79 Å². The van der Waals surface area contributed by atoms with Gasteiger partial charge in [0.25, 0.3) is 0 Å². The molecule has 0 spiro atoms. The van der Waals surface area contributed by atoms with Gasteiger partial charge >= 0.3 is 0 Å². The number of carbonyl (C=O) groups is 1. The van der Waals surface area contributed by atoms with Crippen LogP contribution in [0, 0.1) is 11.6 Å². The van der Waals surface area contributed by atoms with E-state index >= 15 is 0 Å². The highest BCUT2D eigenvalue weighted by Gasteiger charge is 2.35. The first kappa shape index (κ1) is 18.4. The van der Waals surface area contributed by atoms with Crippen molar-refractivity contribution in [2.24, 2.45) is 0 Å². The lowest BCUT2D eigenvalue weighted by molar-refractivity contribution is -0.117. The van der Waals surface area contributed by atoms with Crippen LogP contribution in [0.5, 0.6) is 5.75 Å². The maximum Gasteiger partial charge on any atom is 0.232 e. The molecule has 1 fully saturated rings. The Bertz CT molecular complexity index is 1060. The van der Waals surface area contributed by atoms with Gasteiger partial charge in [0, 0.05) is 30.3 Å². The van der Waals surface area contributed by atoms with Gasteiger partial charge in [-0.25, -0.2) is 8.78 Å². The van der Waals surface area contributed by atoms with E-state index in [0.717, 1.165) is 0 Å². The second kappa shape index (κ2) is 7.20. The van der Waals surface area contributed by atoms with E-state index in [1.165, 1.54) is 36.3 Å². The molecular weight excluding hydrogens is 392 g/mol. The van der Waals surface area contributed by atoms with Crippen molar-refractivity contribution >= 4 is 23.2 Å². The quantitative estimate of drug-likeness (QED) is 0.650. The van der Waals surface area contributed by atoms with Crippen LogP contribution < -0.4 is 9.64 Å². The highest BCUT2D eigenvalue weighted by Crippen LogP contribution is 2.33. The van der Waals surface area contributed by atoms with Crippen molar-refractivity contribution in [2.45, 2.75) is 12.3 Å². The highest BCUT2D eigenvalue weighted by atomic mass is 35.5. The van der Waals surface area contributed by atoms with Crippen molar-refractivity contribution < 1.29 is 22.8 Å². The predicted octanol–water partition coefficient (Wildman–Crippen LogP) is 4.20. The molecule has 1 atom stereocenters. The van der Waals surface area contributed by atoms with Gasteiger partial charge in [0.1, 0.15) is 5.82 Å². The van der Waals surface area contributed by atoms with E-state index in [4.69, 9.17) is 20.9 Å². The molecule has 9 heteroatoms. The number of carbonyl (C=O) groups excluding carboxylic acids is 1. The fourth-order valence-electron chi connectivity index (χ4n) is 3.10. The lowest BCUT2D eigenvalue weighted by Crippen LogP contribution is -2.24. The van der Waals surface area contributed by atoms with Crippen molar-refractivity contribution in [3.63, 3.8) is 0 Å². The first-order chi connectivity index (χ1) is 13.5. The van der Waals surface area contributed by atoms with Crippen molar-refractivity contribution in [2.75, 3.05) is 18.6 Å². The lowest BCUT2D eigenvalue weighted by Gasteiger charge is -2.16. The molecule has 144 valence electrons. The fraction of sp³-hybridized carbons (Fsp3) is 0.211. The van der Waals surface area contributed by atoms with E-state index < -0.39 is 11.6 Å². The number of methoxy groups -OCH3 is 1. The Morgan fingerprint density at radius 1 is 1.21 bits per heavy atom. The van der Waals surface area contributed by atoms with Crippen LogP contribution in [0.1, 0.15) is 18.2 Å². The molecular formula is C19H14ClF2N3O3. The first-order valence-corrected chi connectivity index (χ1v) is 8.77. The third kappa shape index (κ3) is 3.31. The Hall–Kier alpha value is -3.00. The molecule has 2 heterocycles. The molecule has 0 saturated carbocycles. The van der Waals surface area contributed by atoms with Crippen LogP contribution in [-0.4, -0.2) is 29.7 Å². The summed E-state index contributed by atoms with van der Waals surface area (Å²) in [5.74, 6) is -1.12. The number of anilines is 1. The Morgan fingerprint density at radius 2 is 2.04 bits per heavy atom. The van der Waals surface area contributed by atoms with Gasteiger partial charge in [-0.2, -0.15) is 4.98 Å². The Balaban J connectivity index is 1.55. The number of nitrogens with zero attached hydrogens (tertiary/aromatic N) is 3. The fourth-order valence-corrected chi connectivity index (χ4v) is 3.22. The third-order valence-corrected chi connectivity index (χ3v) is 4.85. The zero-order chi connectivity index (χ0) is 19.8. The van der Waals surface area contributed by atoms with Gasteiger partial charge < -0.3 is 14.2 Å². The Morgan fingerprint density at radius 3 is 2.75 bits per heavy atom. The van der Waals surface area contributed by atoms with Crippen LogP contribution >= 0.6 is 11.6 Å². The summed E-state index contributed by atoms with van der Waals surface area (Å²) in [5, 5.41) is 3.86. The minimum Gasteiger partial charge on any atom is -0.494 e. The molecule has 0 N–H and O–H groups in total. The van der Waals surface area contributed by atoms with Crippen LogP contribution in [0.15, 0.2) is 40.9 Å². The Kier molecular flexibility index (Phi) is 4.72. The maximum absolute atomic E-state index is 14.0. The summed E-state index contributed by atoms with van der Waals surface area (Å²) in [6.07, 6.45) is 0.143. The summed E-state index contributed by atoms with van der Waals surface area (Å²) >= 11 is 5.68. The van der Waals surface area contributed by atoms with E-state index in [-0.39, 0.29) is 47.3 Å². The summed E-state index contributed by atoms with van der Waals surface area (Å²) in [6, 6.07) is 8.51. The monoisotopic (exact) mass is 405 g/mol. The molecule has 1 saturated heterocycles. The van der Waals surface area contributed by atoms with Crippen LogP contribution in [0.2, 0.25) is 5.02 Å². The van der Waals surface area contributed by atoms with Gasteiger partial charge in [0.15, 0.2) is 11.6 Å². The number of halogens is 3.